The van der Waals surface area contributed by atoms with Crippen molar-refractivity contribution in [2.75, 3.05) is 20.8 Å². The fourth-order valence-electron chi connectivity index (χ4n) is 3.02. The molecule has 1 unspecified atom stereocenters. The van der Waals surface area contributed by atoms with Gasteiger partial charge in [-0.15, -0.1) is 0 Å². The Labute approximate surface area is 140 Å². The molecule has 0 N–H and O–H groups in total. The second-order valence-electron chi connectivity index (χ2n) is 5.36. The summed E-state index contributed by atoms with van der Waals surface area (Å²) in [6.45, 7) is 2.13. The number of allylic oxidation sites excluding steroid dienone is 2. The van der Waals surface area contributed by atoms with Crippen molar-refractivity contribution < 1.29 is 23.7 Å². The standard InChI is InChI=1S/C19H20O5/c1-4-23-17(20)11-16-12-7-5-8-13(21-2)18(12)19-14(22-3)9-6-10-15(19)24-16/h5-10,15H,4,11H2,1-3H3. The van der Waals surface area contributed by atoms with E-state index in [0.29, 0.717) is 12.4 Å². The quantitative estimate of drug-likeness (QED) is 0.765. The second-order valence-corrected chi connectivity index (χ2v) is 5.36. The van der Waals surface area contributed by atoms with E-state index in [1.807, 2.05) is 36.4 Å². The molecule has 1 aliphatic heterocycles. The van der Waals surface area contributed by atoms with E-state index < -0.39 is 0 Å². The van der Waals surface area contributed by atoms with Gasteiger partial charge in [0.15, 0.2) is 0 Å². The maximum Gasteiger partial charge on any atom is 0.313 e. The second kappa shape index (κ2) is 6.83. The molecule has 3 rings (SSSR count). The molecule has 1 aliphatic carbocycles. The summed E-state index contributed by atoms with van der Waals surface area (Å²) in [7, 11) is 3.25. The monoisotopic (exact) mass is 328 g/mol. The molecule has 0 aromatic heterocycles. The molecule has 0 fully saturated rings. The van der Waals surface area contributed by atoms with Crippen molar-refractivity contribution in [2.45, 2.75) is 19.4 Å². The van der Waals surface area contributed by atoms with E-state index in [9.17, 15) is 4.79 Å². The van der Waals surface area contributed by atoms with E-state index in [2.05, 4.69) is 0 Å². The van der Waals surface area contributed by atoms with Crippen molar-refractivity contribution in [3.63, 3.8) is 0 Å². The highest BCUT2D eigenvalue weighted by atomic mass is 16.5. The fourth-order valence-corrected chi connectivity index (χ4v) is 3.02. The molecule has 5 heteroatoms. The molecule has 126 valence electrons. The molecule has 1 aromatic carbocycles. The minimum absolute atomic E-state index is 0.0810. The van der Waals surface area contributed by atoms with Crippen LogP contribution in [0.15, 0.2) is 42.2 Å². The van der Waals surface area contributed by atoms with Gasteiger partial charge in [-0.2, -0.15) is 0 Å². The Morgan fingerprint density at radius 1 is 1.25 bits per heavy atom. The Morgan fingerprint density at radius 2 is 2.08 bits per heavy atom. The van der Waals surface area contributed by atoms with Crippen LogP contribution in [0.5, 0.6) is 5.75 Å². The normalized spacial score (nSPS) is 18.1. The summed E-state index contributed by atoms with van der Waals surface area (Å²) in [5, 5.41) is 1.72. The molecule has 0 saturated carbocycles. The third-order valence-electron chi connectivity index (χ3n) is 4.00. The lowest BCUT2D eigenvalue weighted by Crippen LogP contribution is -2.41. The summed E-state index contributed by atoms with van der Waals surface area (Å²) in [5.74, 6) is 1.71. The molecule has 1 aromatic rings. The van der Waals surface area contributed by atoms with Gasteiger partial charge in [-0.3, -0.25) is 4.79 Å². The highest BCUT2D eigenvalue weighted by molar-refractivity contribution is 5.81. The number of carbonyl (C=O) groups is 1. The molecule has 1 heterocycles. The van der Waals surface area contributed by atoms with Gasteiger partial charge in [0, 0.05) is 10.4 Å². The minimum Gasteiger partial charge on any atom is -0.496 e. The van der Waals surface area contributed by atoms with E-state index in [4.69, 9.17) is 18.9 Å². The van der Waals surface area contributed by atoms with E-state index in [1.165, 1.54) is 0 Å². The van der Waals surface area contributed by atoms with Crippen LogP contribution in [0.4, 0.5) is 0 Å². The molecule has 0 amide bonds. The fraction of sp³-hybridized carbons (Fsp3) is 0.316. The van der Waals surface area contributed by atoms with Crippen molar-refractivity contribution >= 4 is 17.3 Å². The first-order valence-electron chi connectivity index (χ1n) is 7.85. The van der Waals surface area contributed by atoms with Crippen LogP contribution in [0.2, 0.25) is 0 Å². The van der Waals surface area contributed by atoms with Gasteiger partial charge in [-0.25, -0.2) is 0 Å². The predicted octanol–water partition coefficient (Wildman–Crippen LogP) is 1.41. The van der Waals surface area contributed by atoms with Crippen LogP contribution in [0.3, 0.4) is 0 Å². The lowest BCUT2D eigenvalue weighted by atomic mass is 9.95. The number of benzene rings is 1. The summed E-state index contributed by atoms with van der Waals surface area (Å²) in [5.41, 5.74) is 0.903. The topological polar surface area (TPSA) is 54.0 Å². The predicted molar refractivity (Wildman–Crippen MR) is 89.4 cm³/mol. The summed E-state index contributed by atoms with van der Waals surface area (Å²) < 4.78 is 22.2. The summed E-state index contributed by atoms with van der Waals surface area (Å²) >= 11 is 0. The molecule has 0 saturated heterocycles. The van der Waals surface area contributed by atoms with Gasteiger partial charge in [0.1, 0.15) is 29.8 Å². The Bertz CT molecular complexity index is 832. The number of methoxy groups -OCH3 is 2. The maximum absolute atomic E-state index is 11.9. The van der Waals surface area contributed by atoms with Crippen LogP contribution in [-0.2, 0) is 19.0 Å². The van der Waals surface area contributed by atoms with Crippen LogP contribution >= 0.6 is 0 Å². The number of hydrogen-bond acceptors (Lipinski definition) is 5. The van der Waals surface area contributed by atoms with Gasteiger partial charge in [-0.05, 0) is 25.1 Å². The Balaban J connectivity index is 2.27. The lowest BCUT2D eigenvalue weighted by Gasteiger charge is -2.28. The van der Waals surface area contributed by atoms with Crippen LogP contribution in [0, 0.1) is 0 Å². The van der Waals surface area contributed by atoms with Gasteiger partial charge >= 0.3 is 5.97 Å². The van der Waals surface area contributed by atoms with Crippen LogP contribution in [0.25, 0.3) is 11.3 Å². The third kappa shape index (κ3) is 2.77. The van der Waals surface area contributed by atoms with Crippen molar-refractivity contribution in [3.8, 4) is 5.75 Å². The van der Waals surface area contributed by atoms with Crippen molar-refractivity contribution in [1.29, 1.82) is 0 Å². The molecule has 0 radical (unpaired) electrons. The summed E-state index contributed by atoms with van der Waals surface area (Å²) in [6, 6.07) is 5.69. The first-order chi connectivity index (χ1) is 11.7. The highest BCUT2D eigenvalue weighted by Gasteiger charge is 2.29. The van der Waals surface area contributed by atoms with Crippen molar-refractivity contribution in [2.24, 2.45) is 0 Å². The molecular weight excluding hydrogens is 308 g/mol. The van der Waals surface area contributed by atoms with Gasteiger partial charge in [0.2, 0.25) is 0 Å². The largest absolute Gasteiger partial charge is 0.496 e. The number of ether oxygens (including phenoxy) is 4. The van der Waals surface area contributed by atoms with Crippen LogP contribution < -0.4 is 15.2 Å². The van der Waals surface area contributed by atoms with Gasteiger partial charge in [0.25, 0.3) is 0 Å². The molecule has 1 atom stereocenters. The average molecular weight is 328 g/mol. The van der Waals surface area contributed by atoms with Crippen molar-refractivity contribution in [3.05, 3.63) is 52.6 Å². The summed E-state index contributed by atoms with van der Waals surface area (Å²) in [4.78, 5) is 11.9. The van der Waals surface area contributed by atoms with E-state index in [1.54, 1.807) is 21.1 Å². The Morgan fingerprint density at radius 3 is 2.79 bits per heavy atom. The van der Waals surface area contributed by atoms with E-state index in [0.717, 1.165) is 27.5 Å². The smallest absolute Gasteiger partial charge is 0.313 e. The zero-order valence-corrected chi connectivity index (χ0v) is 14.0. The van der Waals surface area contributed by atoms with E-state index in [-0.39, 0.29) is 18.5 Å². The first kappa shape index (κ1) is 16.2. The number of carbonyl (C=O) groups excluding carboxylic acids is 1. The zero-order chi connectivity index (χ0) is 17.1. The number of esters is 1. The SMILES string of the molecule is CCOC(=O)CC1=c2cccc(OC)c2=C2C(OC)=CC=CC2O1. The van der Waals surface area contributed by atoms with Crippen LogP contribution in [-0.4, -0.2) is 32.9 Å². The molecule has 0 spiro atoms. The van der Waals surface area contributed by atoms with Crippen molar-refractivity contribution in [1.82, 2.24) is 0 Å². The highest BCUT2D eigenvalue weighted by Crippen LogP contribution is 2.29. The molecule has 5 nitrogen and oxygen atoms in total. The number of rotatable bonds is 5. The summed E-state index contributed by atoms with van der Waals surface area (Å²) in [6.07, 6.45) is 5.46. The lowest BCUT2D eigenvalue weighted by molar-refractivity contribution is -0.142. The third-order valence-corrected chi connectivity index (χ3v) is 4.00. The Hall–Kier alpha value is -2.69. The first-order valence-corrected chi connectivity index (χ1v) is 7.85. The number of hydrogen-bond donors (Lipinski definition) is 0. The van der Waals surface area contributed by atoms with E-state index >= 15 is 0 Å². The molecule has 24 heavy (non-hydrogen) atoms. The van der Waals surface area contributed by atoms with Gasteiger partial charge in [-0.1, -0.05) is 18.2 Å². The van der Waals surface area contributed by atoms with Gasteiger partial charge in [0.05, 0.1) is 26.4 Å². The molecule has 0 bridgehead atoms. The minimum atomic E-state index is -0.321. The molecule has 2 aliphatic rings. The Kier molecular flexibility index (Phi) is 4.60. The number of fused-ring (bicyclic) bond motifs is 2. The maximum atomic E-state index is 11.9. The zero-order valence-electron chi connectivity index (χ0n) is 14.0. The van der Waals surface area contributed by atoms with Gasteiger partial charge < -0.3 is 18.9 Å². The van der Waals surface area contributed by atoms with Crippen LogP contribution in [0.1, 0.15) is 13.3 Å². The molecular formula is C19H20O5. The average Bonchev–Trinajstić information content (AvgIpc) is 2.60.